The van der Waals surface area contributed by atoms with Crippen molar-refractivity contribution in [3.8, 4) is 0 Å². The Hall–Kier alpha value is -0.900. The zero-order valence-corrected chi connectivity index (χ0v) is 22.3. The molecule has 1 saturated heterocycles. The third-order valence-electron chi connectivity index (χ3n) is 7.82. The number of quaternary nitrogens is 1. The molecule has 32 heavy (non-hydrogen) atoms. The summed E-state index contributed by atoms with van der Waals surface area (Å²) < 4.78 is 0.561. The molecule has 1 aromatic rings. The molecule has 1 aliphatic heterocycles. The smallest absolute Gasteiger partial charge is 0.143 e. The van der Waals surface area contributed by atoms with Gasteiger partial charge in [-0.3, -0.25) is 0 Å². The quantitative estimate of drug-likeness (QED) is 0.216. The monoisotopic (exact) mass is 445 g/mol. The molecule has 184 valence electrons. The fraction of sp³-hybridized carbons (Fsp3) is 0.793. The van der Waals surface area contributed by atoms with Crippen molar-refractivity contribution in [2.24, 2.45) is 0 Å². The molecular formula is C29H53N2O+. The first kappa shape index (κ1) is 27.3. The van der Waals surface area contributed by atoms with E-state index in [4.69, 9.17) is 4.84 Å². The molecule has 1 heterocycles. The summed E-state index contributed by atoms with van der Waals surface area (Å²) in [4.78, 5) is 6.89. The molecule has 1 fully saturated rings. The summed E-state index contributed by atoms with van der Waals surface area (Å²) in [5.74, 6) is 0. The molecule has 0 aromatic heterocycles. The lowest BCUT2D eigenvalue weighted by atomic mass is 9.80. The average molecular weight is 446 g/mol. The van der Waals surface area contributed by atoms with E-state index in [0.29, 0.717) is 11.4 Å². The van der Waals surface area contributed by atoms with Gasteiger partial charge in [0.2, 0.25) is 0 Å². The standard InChI is InChI=1S/C29H53N2O/c1-7-8-9-10-11-12-13-14-15-18-24-30-31(28(3,4)22-19-23-29(31,5)6)32-25-27-21-17-16-20-26(27)2/h16-17,20-21,30H,7-15,18-19,22-25H2,1-6H3/q+1. The van der Waals surface area contributed by atoms with Gasteiger partial charge in [-0.15, -0.1) is 5.43 Å². The maximum atomic E-state index is 6.89. The van der Waals surface area contributed by atoms with Gasteiger partial charge in [-0.05, 0) is 58.6 Å². The van der Waals surface area contributed by atoms with Crippen molar-refractivity contribution in [1.82, 2.24) is 5.43 Å². The Bertz CT molecular complexity index is 636. The van der Waals surface area contributed by atoms with Gasteiger partial charge in [-0.1, -0.05) is 93.7 Å². The van der Waals surface area contributed by atoms with Gasteiger partial charge in [-0.2, -0.15) is 4.84 Å². The van der Waals surface area contributed by atoms with E-state index in [1.54, 1.807) is 0 Å². The fourth-order valence-electron chi connectivity index (χ4n) is 5.70. The van der Waals surface area contributed by atoms with Gasteiger partial charge >= 0.3 is 0 Å². The van der Waals surface area contributed by atoms with Crippen LogP contribution in [0.3, 0.4) is 0 Å². The largest absolute Gasteiger partial charge is 0.177 e. The minimum Gasteiger partial charge on any atom is -0.177 e. The van der Waals surface area contributed by atoms with Crippen molar-refractivity contribution in [3.05, 3.63) is 35.4 Å². The van der Waals surface area contributed by atoms with Gasteiger partial charge in [0.25, 0.3) is 0 Å². The van der Waals surface area contributed by atoms with Crippen molar-refractivity contribution in [1.29, 1.82) is 0 Å². The van der Waals surface area contributed by atoms with Crippen molar-refractivity contribution < 1.29 is 9.59 Å². The van der Waals surface area contributed by atoms with Crippen LogP contribution in [-0.2, 0) is 11.4 Å². The molecule has 0 amide bonds. The molecule has 3 nitrogen and oxygen atoms in total. The number of unbranched alkanes of at least 4 members (excludes halogenated alkanes) is 9. The van der Waals surface area contributed by atoms with Gasteiger partial charge < -0.3 is 0 Å². The number of hydroxylamine groups is 2. The second kappa shape index (κ2) is 13.1. The fourth-order valence-corrected chi connectivity index (χ4v) is 5.70. The minimum absolute atomic E-state index is 0.0446. The van der Waals surface area contributed by atoms with Crippen LogP contribution in [0, 0.1) is 6.92 Å². The number of hydrogen-bond acceptors (Lipinski definition) is 2. The van der Waals surface area contributed by atoms with Crippen LogP contribution in [0.1, 0.15) is 129 Å². The Morgan fingerprint density at radius 1 is 0.812 bits per heavy atom. The number of nitrogens with zero attached hydrogens (tertiary/aromatic N) is 1. The summed E-state index contributed by atoms with van der Waals surface area (Å²) in [7, 11) is 0. The summed E-state index contributed by atoms with van der Waals surface area (Å²) in [5.41, 5.74) is 6.64. The first-order valence-corrected chi connectivity index (χ1v) is 13.6. The topological polar surface area (TPSA) is 21.3 Å². The molecule has 1 aliphatic rings. The van der Waals surface area contributed by atoms with E-state index in [0.717, 1.165) is 6.54 Å². The van der Waals surface area contributed by atoms with Crippen molar-refractivity contribution in [2.75, 3.05) is 6.54 Å². The van der Waals surface area contributed by atoms with Gasteiger partial charge in [0, 0.05) is 19.4 Å². The zero-order valence-electron chi connectivity index (χ0n) is 22.3. The SMILES string of the molecule is CCCCCCCCCCCCN[N+]1(OCc2ccccc2C)C(C)(C)CCCC1(C)C. The average Bonchev–Trinajstić information content (AvgIpc) is 2.73. The number of rotatable bonds is 15. The maximum Gasteiger partial charge on any atom is 0.143 e. The lowest BCUT2D eigenvalue weighted by Gasteiger charge is -2.57. The molecule has 0 atom stereocenters. The van der Waals surface area contributed by atoms with Gasteiger partial charge in [-0.25, -0.2) is 0 Å². The number of hydrogen-bond donors (Lipinski definition) is 1. The Labute approximate surface area is 199 Å². The molecule has 2 rings (SSSR count). The first-order valence-electron chi connectivity index (χ1n) is 13.6. The number of benzene rings is 1. The molecule has 0 bridgehead atoms. The van der Waals surface area contributed by atoms with Crippen LogP contribution in [0.5, 0.6) is 0 Å². The summed E-state index contributed by atoms with van der Waals surface area (Å²) in [6.45, 7) is 15.7. The highest BCUT2D eigenvalue weighted by atomic mass is 16.8. The van der Waals surface area contributed by atoms with Gasteiger partial charge in [0.05, 0.1) is 0 Å². The number of nitrogens with one attached hydrogen (secondary N) is 1. The lowest BCUT2D eigenvalue weighted by Crippen LogP contribution is -2.78. The molecule has 0 saturated carbocycles. The highest BCUT2D eigenvalue weighted by Gasteiger charge is 2.59. The summed E-state index contributed by atoms with van der Waals surface area (Å²) in [6, 6.07) is 8.63. The zero-order chi connectivity index (χ0) is 23.5. The van der Waals surface area contributed by atoms with E-state index in [1.165, 1.54) is 94.6 Å². The Morgan fingerprint density at radius 3 is 1.91 bits per heavy atom. The molecular weight excluding hydrogens is 392 g/mol. The molecule has 0 spiro atoms. The van der Waals surface area contributed by atoms with Crippen LogP contribution in [0.15, 0.2) is 24.3 Å². The van der Waals surface area contributed by atoms with Gasteiger partial charge in [0.15, 0.2) is 0 Å². The third kappa shape index (κ3) is 7.30. The minimum atomic E-state index is 0.0446. The third-order valence-corrected chi connectivity index (χ3v) is 7.82. The van der Waals surface area contributed by atoms with E-state index in [9.17, 15) is 0 Å². The van der Waals surface area contributed by atoms with E-state index < -0.39 is 0 Å². The lowest BCUT2D eigenvalue weighted by molar-refractivity contribution is -1.21. The maximum absolute atomic E-state index is 6.89. The van der Waals surface area contributed by atoms with E-state index in [1.807, 2.05) is 0 Å². The number of aryl methyl sites for hydroxylation is 1. The Morgan fingerprint density at radius 2 is 1.34 bits per heavy atom. The second-order valence-corrected chi connectivity index (χ2v) is 11.4. The summed E-state index contributed by atoms with van der Waals surface area (Å²) in [5, 5.41) is 0. The molecule has 3 heteroatoms. The number of piperidine rings is 1. The molecule has 0 aliphatic carbocycles. The molecule has 1 aromatic carbocycles. The van der Waals surface area contributed by atoms with E-state index >= 15 is 0 Å². The Balaban J connectivity index is 1.88. The summed E-state index contributed by atoms with van der Waals surface area (Å²) in [6.07, 6.45) is 17.4. The summed E-state index contributed by atoms with van der Waals surface area (Å²) >= 11 is 0. The van der Waals surface area contributed by atoms with Crippen LogP contribution < -0.4 is 5.43 Å². The van der Waals surface area contributed by atoms with Crippen LogP contribution >= 0.6 is 0 Å². The van der Waals surface area contributed by atoms with Crippen molar-refractivity contribution in [2.45, 2.75) is 143 Å². The van der Waals surface area contributed by atoms with Crippen LogP contribution in [0.25, 0.3) is 0 Å². The predicted octanol–water partition coefficient (Wildman–Crippen LogP) is 8.41. The van der Waals surface area contributed by atoms with Crippen LogP contribution in [0.2, 0.25) is 0 Å². The highest BCUT2D eigenvalue weighted by Crippen LogP contribution is 2.45. The van der Waals surface area contributed by atoms with Crippen molar-refractivity contribution in [3.63, 3.8) is 0 Å². The normalized spacial score (nSPS) is 19.2. The molecule has 0 radical (unpaired) electrons. The van der Waals surface area contributed by atoms with Crippen LogP contribution in [0.4, 0.5) is 0 Å². The molecule has 1 N–H and O–H groups in total. The highest BCUT2D eigenvalue weighted by molar-refractivity contribution is 5.24. The van der Waals surface area contributed by atoms with Crippen molar-refractivity contribution >= 4 is 0 Å². The predicted molar refractivity (Wildman–Crippen MR) is 138 cm³/mol. The van der Waals surface area contributed by atoms with Gasteiger partial charge in [0.1, 0.15) is 17.7 Å². The van der Waals surface area contributed by atoms with E-state index in [2.05, 4.69) is 71.2 Å². The Kier molecular flexibility index (Phi) is 11.2. The first-order chi connectivity index (χ1) is 15.3. The van der Waals surface area contributed by atoms with E-state index in [-0.39, 0.29) is 11.1 Å². The molecule has 0 unspecified atom stereocenters. The second-order valence-electron chi connectivity index (χ2n) is 11.4. The van der Waals surface area contributed by atoms with Crippen LogP contribution in [-0.4, -0.2) is 22.4 Å².